The molecule has 23 heavy (non-hydrogen) atoms. The number of unbranched alkanes of at least 4 members (excludes halogenated alkanes) is 1. The highest BCUT2D eigenvalue weighted by molar-refractivity contribution is 7.90. The third-order valence-corrected chi connectivity index (χ3v) is 7.57. The van der Waals surface area contributed by atoms with Crippen molar-refractivity contribution in [2.45, 2.75) is 45.1 Å². The van der Waals surface area contributed by atoms with Crippen LogP contribution < -0.4 is 4.72 Å². The van der Waals surface area contributed by atoms with E-state index in [2.05, 4.69) is 16.5 Å². The summed E-state index contributed by atoms with van der Waals surface area (Å²) in [5.41, 5.74) is 0. The van der Waals surface area contributed by atoms with E-state index in [9.17, 15) is 16.8 Å². The summed E-state index contributed by atoms with van der Waals surface area (Å²) in [6.45, 7) is 5.08. The molecule has 0 aromatic carbocycles. The molecule has 0 unspecified atom stereocenters. The molecule has 1 saturated heterocycles. The van der Waals surface area contributed by atoms with Crippen molar-refractivity contribution in [2.24, 2.45) is 0 Å². The Morgan fingerprint density at radius 3 is 2.17 bits per heavy atom. The van der Waals surface area contributed by atoms with Crippen LogP contribution in [0.15, 0.2) is 0 Å². The van der Waals surface area contributed by atoms with Gasteiger partial charge in [-0.3, -0.25) is 0 Å². The molecule has 1 rings (SSSR count). The Kier molecular flexibility index (Phi) is 8.43. The number of sulfonamides is 2. The number of hydrogen-bond acceptors (Lipinski definition) is 5. The van der Waals surface area contributed by atoms with Gasteiger partial charge in [-0.25, -0.2) is 25.9 Å². The number of piperidine rings is 1. The molecule has 1 N–H and O–H groups in total. The lowest BCUT2D eigenvalue weighted by Gasteiger charge is -2.32. The Morgan fingerprint density at radius 2 is 1.65 bits per heavy atom. The fourth-order valence-corrected chi connectivity index (χ4v) is 5.03. The van der Waals surface area contributed by atoms with E-state index in [1.54, 1.807) is 0 Å². The molecular weight excluding hydrogens is 338 g/mol. The molecule has 0 amide bonds. The van der Waals surface area contributed by atoms with Gasteiger partial charge in [0.05, 0.1) is 11.5 Å². The van der Waals surface area contributed by atoms with Crippen molar-refractivity contribution >= 4 is 20.0 Å². The average molecular weight is 370 g/mol. The summed E-state index contributed by atoms with van der Waals surface area (Å²) in [5, 5.41) is 0. The van der Waals surface area contributed by atoms with Crippen molar-refractivity contribution in [1.29, 1.82) is 0 Å². The van der Waals surface area contributed by atoms with Crippen molar-refractivity contribution in [1.82, 2.24) is 13.9 Å². The molecule has 0 bridgehead atoms. The summed E-state index contributed by atoms with van der Waals surface area (Å²) in [6.07, 6.45) is 4.10. The number of nitrogens with zero attached hydrogens (tertiary/aromatic N) is 2. The van der Waals surface area contributed by atoms with Crippen LogP contribution in [0.2, 0.25) is 0 Å². The quantitative estimate of drug-likeness (QED) is 0.604. The lowest BCUT2D eigenvalue weighted by Crippen LogP contribution is -2.45. The van der Waals surface area contributed by atoms with Crippen molar-refractivity contribution in [2.75, 3.05) is 45.2 Å². The molecule has 0 spiro atoms. The molecule has 7 nitrogen and oxygen atoms in total. The summed E-state index contributed by atoms with van der Waals surface area (Å²) in [6, 6.07) is -0.0247. The first-order valence-electron chi connectivity index (χ1n) is 8.29. The third kappa shape index (κ3) is 7.93. The van der Waals surface area contributed by atoms with Gasteiger partial charge in [-0.2, -0.15) is 0 Å². The first-order valence-corrected chi connectivity index (χ1v) is 11.5. The minimum atomic E-state index is -3.42. The molecule has 138 valence electrons. The Labute approximate surface area is 141 Å². The molecular formula is C14H31N3O4S2. The van der Waals surface area contributed by atoms with Gasteiger partial charge in [-0.05, 0) is 45.3 Å². The summed E-state index contributed by atoms with van der Waals surface area (Å²) in [7, 11) is -3.85. The van der Waals surface area contributed by atoms with Gasteiger partial charge in [-0.15, -0.1) is 0 Å². The van der Waals surface area contributed by atoms with E-state index in [4.69, 9.17) is 0 Å². The Bertz CT molecular complexity index is 538. The number of nitrogens with one attached hydrogen (secondary N) is 1. The first-order chi connectivity index (χ1) is 10.7. The minimum Gasteiger partial charge on any atom is -0.303 e. The van der Waals surface area contributed by atoms with E-state index in [-0.39, 0.29) is 24.0 Å². The van der Waals surface area contributed by atoms with Gasteiger partial charge >= 0.3 is 0 Å². The van der Waals surface area contributed by atoms with E-state index in [1.165, 1.54) is 26.9 Å². The molecule has 1 heterocycles. The molecule has 1 aliphatic rings. The number of rotatable bonds is 10. The van der Waals surface area contributed by atoms with Crippen LogP contribution in [-0.2, 0) is 20.0 Å². The van der Waals surface area contributed by atoms with Crippen LogP contribution in [0, 0.1) is 0 Å². The summed E-state index contributed by atoms with van der Waals surface area (Å²) < 4.78 is 51.3. The largest absolute Gasteiger partial charge is 0.303 e. The summed E-state index contributed by atoms with van der Waals surface area (Å²) in [5.74, 6) is -0.285. The molecule has 0 aliphatic carbocycles. The maximum absolute atomic E-state index is 12.1. The highest BCUT2D eigenvalue weighted by atomic mass is 32.2. The standard InChI is InChI=1S/C14H31N3O4S2/c1-4-5-9-17-10-7-14(8-11-17)15-22(18,19)12-6-13-23(20,21)16(2)3/h14-15H,4-13H2,1-3H3. The van der Waals surface area contributed by atoms with Crippen LogP contribution in [0.3, 0.4) is 0 Å². The number of likely N-dealkylation sites (tertiary alicyclic amines) is 1. The fourth-order valence-electron chi connectivity index (χ4n) is 2.58. The molecule has 0 saturated carbocycles. The molecule has 1 fully saturated rings. The topological polar surface area (TPSA) is 86.8 Å². The van der Waals surface area contributed by atoms with Gasteiger partial charge in [0.25, 0.3) is 0 Å². The third-order valence-electron chi connectivity index (χ3n) is 4.13. The average Bonchev–Trinajstić information content (AvgIpc) is 2.45. The van der Waals surface area contributed by atoms with Crippen molar-refractivity contribution < 1.29 is 16.8 Å². The monoisotopic (exact) mass is 369 g/mol. The van der Waals surface area contributed by atoms with E-state index in [1.807, 2.05) is 0 Å². The fraction of sp³-hybridized carbons (Fsp3) is 1.00. The second-order valence-corrected chi connectivity index (χ2v) is 10.5. The molecule has 0 atom stereocenters. The van der Waals surface area contributed by atoms with Crippen molar-refractivity contribution in [3.05, 3.63) is 0 Å². The Balaban J connectivity index is 2.33. The van der Waals surface area contributed by atoms with Crippen LogP contribution >= 0.6 is 0 Å². The molecule has 9 heteroatoms. The highest BCUT2D eigenvalue weighted by Crippen LogP contribution is 2.12. The highest BCUT2D eigenvalue weighted by Gasteiger charge is 2.24. The zero-order chi connectivity index (χ0) is 17.5. The number of hydrogen-bond donors (Lipinski definition) is 1. The lowest BCUT2D eigenvalue weighted by atomic mass is 10.1. The summed E-state index contributed by atoms with van der Waals surface area (Å²) in [4.78, 5) is 2.37. The van der Waals surface area contributed by atoms with Crippen LogP contribution in [0.4, 0.5) is 0 Å². The van der Waals surface area contributed by atoms with Gasteiger partial charge in [0.15, 0.2) is 0 Å². The van der Waals surface area contributed by atoms with E-state index < -0.39 is 20.0 Å². The van der Waals surface area contributed by atoms with E-state index >= 15 is 0 Å². The maximum Gasteiger partial charge on any atom is 0.213 e. The summed E-state index contributed by atoms with van der Waals surface area (Å²) >= 11 is 0. The Hall–Kier alpha value is -0.220. The van der Waals surface area contributed by atoms with Crippen molar-refractivity contribution in [3.63, 3.8) is 0 Å². The molecule has 1 aliphatic heterocycles. The van der Waals surface area contributed by atoms with Crippen LogP contribution in [0.25, 0.3) is 0 Å². The van der Waals surface area contributed by atoms with Crippen LogP contribution in [-0.4, -0.2) is 77.3 Å². The predicted octanol–water partition coefficient (Wildman–Crippen LogP) is 0.452. The molecule has 0 aromatic rings. The zero-order valence-electron chi connectivity index (χ0n) is 14.5. The Morgan fingerprint density at radius 1 is 1.04 bits per heavy atom. The normalized spacial score (nSPS) is 18.6. The SMILES string of the molecule is CCCCN1CCC(NS(=O)(=O)CCCS(=O)(=O)N(C)C)CC1. The predicted molar refractivity (Wildman–Crippen MR) is 93.4 cm³/mol. The first kappa shape index (κ1) is 20.8. The lowest BCUT2D eigenvalue weighted by molar-refractivity contribution is 0.205. The van der Waals surface area contributed by atoms with E-state index in [0.29, 0.717) is 0 Å². The van der Waals surface area contributed by atoms with Gasteiger partial charge in [-0.1, -0.05) is 13.3 Å². The van der Waals surface area contributed by atoms with Crippen LogP contribution in [0.5, 0.6) is 0 Å². The van der Waals surface area contributed by atoms with Gasteiger partial charge in [0.1, 0.15) is 0 Å². The second-order valence-electron chi connectivity index (χ2n) is 6.36. The second kappa shape index (κ2) is 9.31. The van der Waals surface area contributed by atoms with Gasteiger partial charge in [0.2, 0.25) is 20.0 Å². The molecule has 0 radical (unpaired) electrons. The maximum atomic E-state index is 12.1. The van der Waals surface area contributed by atoms with Gasteiger partial charge in [0, 0.05) is 20.1 Å². The van der Waals surface area contributed by atoms with E-state index in [0.717, 1.165) is 36.8 Å². The van der Waals surface area contributed by atoms with Crippen molar-refractivity contribution in [3.8, 4) is 0 Å². The smallest absolute Gasteiger partial charge is 0.213 e. The van der Waals surface area contributed by atoms with Gasteiger partial charge < -0.3 is 4.90 Å². The molecule has 0 aromatic heterocycles. The zero-order valence-corrected chi connectivity index (χ0v) is 16.1. The minimum absolute atomic E-state index is 0.0247. The van der Waals surface area contributed by atoms with Crippen LogP contribution in [0.1, 0.15) is 39.0 Å².